The zero-order valence-corrected chi connectivity index (χ0v) is 13.1. The molecular formula is C15H20ClN5O. The molecule has 0 saturated carbocycles. The number of amides is 1. The van der Waals surface area contributed by atoms with Crippen molar-refractivity contribution in [1.82, 2.24) is 15.4 Å². The van der Waals surface area contributed by atoms with Gasteiger partial charge in [-0.25, -0.2) is 5.43 Å². The summed E-state index contributed by atoms with van der Waals surface area (Å²) in [4.78, 5) is 20.0. The third-order valence-electron chi connectivity index (χ3n) is 3.05. The third-order valence-corrected chi connectivity index (χ3v) is 3.05. The maximum Gasteiger partial charge on any atom is 0.240 e. The van der Waals surface area contributed by atoms with Gasteiger partial charge in [-0.15, -0.1) is 0 Å². The molecule has 0 bridgehead atoms. The quantitative estimate of drug-likeness (QED) is 0.347. The Hall–Kier alpha value is -2.05. The van der Waals surface area contributed by atoms with E-state index in [2.05, 4.69) is 26.2 Å². The first-order valence-electron chi connectivity index (χ1n) is 7.11. The number of carbonyl (C=O) groups excluding carboxylic acids is 1. The number of rotatable bonds is 7. The van der Waals surface area contributed by atoms with Crippen LogP contribution in [-0.4, -0.2) is 28.6 Å². The Morgan fingerprint density at radius 3 is 2.73 bits per heavy atom. The van der Waals surface area contributed by atoms with Crippen LogP contribution in [0.15, 0.2) is 35.7 Å². The highest BCUT2D eigenvalue weighted by Crippen LogP contribution is 2.09. The van der Waals surface area contributed by atoms with Crippen molar-refractivity contribution in [2.45, 2.75) is 25.7 Å². The van der Waals surface area contributed by atoms with Crippen LogP contribution < -0.4 is 23.6 Å². The standard InChI is InChI=1S/C15H19N5O.ClH/c16-7-3-1-2-4-15(21)20-19-11-12-5-6-13-14(10-12)18-9-8-17-13;/h5-6,8-11H,1-4,7,16H2,(H,20,21);1H. The fourth-order valence-electron chi connectivity index (χ4n) is 1.93. The third kappa shape index (κ3) is 5.75. The number of hydrazone groups is 1. The van der Waals surface area contributed by atoms with E-state index in [1.807, 2.05) is 18.2 Å². The number of unbranched alkanes of at least 4 members (excludes halogenated alkanes) is 2. The number of aromatic nitrogens is 2. The molecule has 118 valence electrons. The lowest BCUT2D eigenvalue weighted by Crippen LogP contribution is -3.00. The summed E-state index contributed by atoms with van der Waals surface area (Å²) >= 11 is 0. The van der Waals surface area contributed by atoms with Gasteiger partial charge in [0, 0.05) is 18.8 Å². The summed E-state index contributed by atoms with van der Waals surface area (Å²) in [6, 6.07) is 5.65. The van der Waals surface area contributed by atoms with E-state index in [4.69, 9.17) is 0 Å². The highest BCUT2D eigenvalue weighted by atomic mass is 35.5. The predicted octanol–water partition coefficient (Wildman–Crippen LogP) is -2.11. The lowest BCUT2D eigenvalue weighted by molar-refractivity contribution is -0.368. The van der Waals surface area contributed by atoms with Gasteiger partial charge in [0.15, 0.2) is 0 Å². The number of carbonyl (C=O) groups is 1. The number of benzene rings is 1. The van der Waals surface area contributed by atoms with Crippen LogP contribution in [0.4, 0.5) is 0 Å². The normalized spacial score (nSPS) is 10.6. The number of nitrogens with zero attached hydrogens (tertiary/aromatic N) is 3. The van der Waals surface area contributed by atoms with Gasteiger partial charge in [0.1, 0.15) is 0 Å². The van der Waals surface area contributed by atoms with E-state index in [0.29, 0.717) is 6.42 Å². The largest absolute Gasteiger partial charge is 1.00 e. The van der Waals surface area contributed by atoms with Gasteiger partial charge in [0.25, 0.3) is 0 Å². The molecule has 2 aromatic rings. The summed E-state index contributed by atoms with van der Waals surface area (Å²) in [6.45, 7) is 0.921. The molecule has 1 aromatic carbocycles. The van der Waals surface area contributed by atoms with Gasteiger partial charge in [-0.2, -0.15) is 5.10 Å². The molecule has 7 heteroatoms. The zero-order valence-electron chi connectivity index (χ0n) is 12.3. The fourth-order valence-corrected chi connectivity index (χ4v) is 1.93. The number of nitrogens with one attached hydrogen (secondary N) is 1. The second-order valence-electron chi connectivity index (χ2n) is 4.76. The van der Waals surface area contributed by atoms with Crippen LogP contribution in [0.25, 0.3) is 11.0 Å². The van der Waals surface area contributed by atoms with Crippen LogP contribution in [0, 0.1) is 0 Å². The van der Waals surface area contributed by atoms with Gasteiger partial charge in [-0.3, -0.25) is 14.8 Å². The Morgan fingerprint density at radius 1 is 1.18 bits per heavy atom. The van der Waals surface area contributed by atoms with E-state index in [1.165, 1.54) is 0 Å². The Morgan fingerprint density at radius 2 is 1.95 bits per heavy atom. The molecule has 4 N–H and O–H groups in total. The lowest BCUT2D eigenvalue weighted by Gasteiger charge is -2.00. The van der Waals surface area contributed by atoms with Gasteiger partial charge in [0.05, 0.1) is 23.8 Å². The van der Waals surface area contributed by atoms with Crippen molar-refractivity contribution in [2.24, 2.45) is 5.10 Å². The Bertz CT molecular complexity index is 632. The van der Waals surface area contributed by atoms with Gasteiger partial charge in [-0.1, -0.05) is 6.07 Å². The van der Waals surface area contributed by atoms with Crippen molar-refractivity contribution in [1.29, 1.82) is 0 Å². The molecule has 0 aliphatic rings. The van der Waals surface area contributed by atoms with Crippen LogP contribution >= 0.6 is 0 Å². The summed E-state index contributed by atoms with van der Waals surface area (Å²) < 4.78 is 0. The summed E-state index contributed by atoms with van der Waals surface area (Å²) in [5.41, 5.74) is 8.83. The molecule has 2 rings (SSSR count). The molecule has 0 atom stereocenters. The highest BCUT2D eigenvalue weighted by molar-refractivity contribution is 5.87. The minimum atomic E-state index is -0.0594. The van der Waals surface area contributed by atoms with Crippen molar-refractivity contribution in [2.75, 3.05) is 6.54 Å². The van der Waals surface area contributed by atoms with Gasteiger partial charge < -0.3 is 18.1 Å². The molecule has 1 heterocycles. The first-order chi connectivity index (χ1) is 10.3. The second-order valence-corrected chi connectivity index (χ2v) is 4.76. The average molecular weight is 322 g/mol. The Kier molecular flexibility index (Phi) is 8.03. The van der Waals surface area contributed by atoms with Crippen LogP contribution in [0.5, 0.6) is 0 Å². The minimum absolute atomic E-state index is 0. The minimum Gasteiger partial charge on any atom is -1.00 e. The van der Waals surface area contributed by atoms with Crippen molar-refractivity contribution in [3.8, 4) is 0 Å². The number of halogens is 1. The summed E-state index contributed by atoms with van der Waals surface area (Å²) in [6.07, 6.45) is 8.39. The molecular weight excluding hydrogens is 302 g/mol. The average Bonchev–Trinajstić information content (AvgIpc) is 2.51. The zero-order chi connectivity index (χ0) is 14.9. The molecule has 0 saturated heterocycles. The van der Waals surface area contributed by atoms with Crippen LogP contribution in [0.1, 0.15) is 31.2 Å². The number of quaternary nitrogens is 1. The predicted molar refractivity (Wildman–Crippen MR) is 81.5 cm³/mol. The van der Waals surface area contributed by atoms with Gasteiger partial charge in [0.2, 0.25) is 5.91 Å². The molecule has 0 unspecified atom stereocenters. The molecule has 1 aromatic heterocycles. The Balaban J connectivity index is 0.00000242. The summed E-state index contributed by atoms with van der Waals surface area (Å²) in [5, 5.41) is 3.96. The van der Waals surface area contributed by atoms with Crippen LogP contribution in [0.3, 0.4) is 0 Å². The van der Waals surface area contributed by atoms with Gasteiger partial charge in [-0.05, 0) is 37.0 Å². The molecule has 6 nitrogen and oxygen atoms in total. The molecule has 0 aliphatic heterocycles. The second kappa shape index (κ2) is 9.81. The van der Waals surface area contributed by atoms with Crippen molar-refractivity contribution < 1.29 is 22.9 Å². The summed E-state index contributed by atoms with van der Waals surface area (Å²) in [5.74, 6) is -0.0594. The van der Waals surface area contributed by atoms with E-state index < -0.39 is 0 Å². The molecule has 0 spiro atoms. The maximum absolute atomic E-state index is 11.5. The number of hydrogen-bond donors (Lipinski definition) is 2. The first kappa shape index (κ1) is 18.0. The van der Waals surface area contributed by atoms with E-state index in [-0.39, 0.29) is 18.3 Å². The maximum atomic E-state index is 11.5. The van der Waals surface area contributed by atoms with E-state index >= 15 is 0 Å². The molecule has 1 amide bonds. The van der Waals surface area contributed by atoms with Crippen LogP contribution in [0.2, 0.25) is 0 Å². The molecule has 0 aliphatic carbocycles. The summed E-state index contributed by atoms with van der Waals surface area (Å²) in [7, 11) is 0. The first-order valence-corrected chi connectivity index (χ1v) is 7.11. The van der Waals surface area contributed by atoms with Gasteiger partial charge >= 0.3 is 0 Å². The Labute approximate surface area is 135 Å². The van der Waals surface area contributed by atoms with Crippen LogP contribution in [-0.2, 0) is 4.79 Å². The molecule has 0 fully saturated rings. The monoisotopic (exact) mass is 321 g/mol. The molecule has 0 radical (unpaired) electrons. The van der Waals surface area contributed by atoms with E-state index in [9.17, 15) is 4.79 Å². The molecule has 22 heavy (non-hydrogen) atoms. The number of fused-ring (bicyclic) bond motifs is 1. The topological polar surface area (TPSA) is 94.9 Å². The van der Waals surface area contributed by atoms with E-state index in [1.54, 1.807) is 18.6 Å². The number of hydrogen-bond acceptors (Lipinski definition) is 4. The van der Waals surface area contributed by atoms with Crippen molar-refractivity contribution in [3.63, 3.8) is 0 Å². The highest BCUT2D eigenvalue weighted by Gasteiger charge is 1.99. The SMILES string of the molecule is [Cl-].[NH3+]CCCCCC(=O)NN=Cc1ccc2nccnc2c1. The fraction of sp³-hybridized carbons (Fsp3) is 0.333. The lowest BCUT2D eigenvalue weighted by atomic mass is 10.2. The van der Waals surface area contributed by atoms with Crippen molar-refractivity contribution in [3.05, 3.63) is 36.2 Å². The van der Waals surface area contributed by atoms with E-state index in [0.717, 1.165) is 42.4 Å². The van der Waals surface area contributed by atoms with Crippen molar-refractivity contribution >= 4 is 23.2 Å². The smallest absolute Gasteiger partial charge is 0.240 e.